The normalized spacial score (nSPS) is 14.7. The summed E-state index contributed by atoms with van der Waals surface area (Å²) in [6, 6.07) is 9.45. The van der Waals surface area contributed by atoms with Crippen molar-refractivity contribution < 1.29 is 9.21 Å². The molecule has 1 fully saturated rings. The molecule has 8 heteroatoms. The van der Waals surface area contributed by atoms with Crippen molar-refractivity contribution in [3.8, 4) is 11.3 Å². The van der Waals surface area contributed by atoms with E-state index in [0.717, 1.165) is 48.1 Å². The van der Waals surface area contributed by atoms with Gasteiger partial charge >= 0.3 is 0 Å². The predicted molar refractivity (Wildman–Crippen MR) is 112 cm³/mol. The van der Waals surface area contributed by atoms with E-state index >= 15 is 0 Å². The van der Waals surface area contributed by atoms with Crippen LogP contribution in [-0.2, 0) is 0 Å². The average Bonchev–Trinajstić information content (AvgIpc) is 3.30. The number of pyridine rings is 3. The third-order valence-electron chi connectivity index (χ3n) is 5.22. The number of fused-ring (bicyclic) bond motifs is 1. The highest BCUT2D eigenvalue weighted by Crippen LogP contribution is 2.25. The minimum absolute atomic E-state index is 0.252. The van der Waals surface area contributed by atoms with Gasteiger partial charge in [0.25, 0.3) is 5.91 Å². The van der Waals surface area contributed by atoms with Crippen molar-refractivity contribution in [2.75, 3.05) is 18.4 Å². The summed E-state index contributed by atoms with van der Waals surface area (Å²) in [6.45, 7) is 1.87. The largest absolute Gasteiger partial charge is 0.448 e. The van der Waals surface area contributed by atoms with Gasteiger partial charge in [0.15, 0.2) is 11.6 Å². The number of piperidine rings is 1. The molecule has 0 spiro atoms. The standard InChI is InChI=1S/C22H20N6O2/c29-21(19-13-30-22(27-19)14-5-8-23-9-6-14)28-20-10-18-16(12-25-20)3-4-17(26-18)15-2-1-7-24-11-15/h1-4,7,10-14,23H,5-6,8-9H2,(H,25,28,29). The van der Waals surface area contributed by atoms with Crippen molar-refractivity contribution in [2.24, 2.45) is 0 Å². The van der Waals surface area contributed by atoms with E-state index in [-0.39, 0.29) is 17.5 Å². The van der Waals surface area contributed by atoms with E-state index in [4.69, 9.17) is 4.42 Å². The molecule has 0 bridgehead atoms. The number of carbonyl (C=O) groups is 1. The van der Waals surface area contributed by atoms with Gasteiger partial charge in [0.1, 0.15) is 12.1 Å². The number of nitrogens with zero attached hydrogens (tertiary/aromatic N) is 4. The van der Waals surface area contributed by atoms with Crippen LogP contribution in [0.15, 0.2) is 59.6 Å². The van der Waals surface area contributed by atoms with Crippen molar-refractivity contribution in [3.05, 3.63) is 66.8 Å². The van der Waals surface area contributed by atoms with E-state index in [0.29, 0.717) is 11.7 Å². The van der Waals surface area contributed by atoms with Gasteiger partial charge in [-0.1, -0.05) is 0 Å². The second-order valence-electron chi connectivity index (χ2n) is 7.25. The van der Waals surface area contributed by atoms with Crippen LogP contribution in [0.4, 0.5) is 5.82 Å². The number of oxazole rings is 1. The number of rotatable bonds is 4. The number of carbonyl (C=O) groups excluding carboxylic acids is 1. The van der Waals surface area contributed by atoms with Crippen LogP contribution >= 0.6 is 0 Å². The van der Waals surface area contributed by atoms with E-state index in [1.807, 2.05) is 24.3 Å². The van der Waals surface area contributed by atoms with Gasteiger partial charge in [-0.2, -0.15) is 0 Å². The van der Waals surface area contributed by atoms with Gasteiger partial charge in [0, 0.05) is 41.5 Å². The van der Waals surface area contributed by atoms with E-state index < -0.39 is 0 Å². The molecule has 8 nitrogen and oxygen atoms in total. The van der Waals surface area contributed by atoms with Gasteiger partial charge in [-0.3, -0.25) is 9.78 Å². The molecule has 1 aliphatic rings. The molecule has 1 amide bonds. The van der Waals surface area contributed by atoms with Crippen LogP contribution in [0.1, 0.15) is 35.1 Å². The summed E-state index contributed by atoms with van der Waals surface area (Å²) >= 11 is 0. The SMILES string of the molecule is O=C(Nc1cc2nc(-c3cccnc3)ccc2cn1)c1coc(C2CCNCC2)n1. The molecule has 4 aromatic rings. The molecule has 0 unspecified atom stereocenters. The Hall–Kier alpha value is -3.65. The first kappa shape index (κ1) is 18.4. The molecule has 1 saturated heterocycles. The molecular weight excluding hydrogens is 380 g/mol. The fraction of sp³-hybridized carbons (Fsp3) is 0.227. The van der Waals surface area contributed by atoms with Crippen LogP contribution in [0.5, 0.6) is 0 Å². The molecule has 4 aromatic heterocycles. The molecule has 0 radical (unpaired) electrons. The second-order valence-corrected chi connectivity index (χ2v) is 7.25. The Morgan fingerprint density at radius 1 is 1.13 bits per heavy atom. The number of amides is 1. The number of aromatic nitrogens is 4. The lowest BCUT2D eigenvalue weighted by atomic mass is 9.98. The molecule has 5 rings (SSSR count). The van der Waals surface area contributed by atoms with Crippen LogP contribution in [0.2, 0.25) is 0 Å². The van der Waals surface area contributed by atoms with Gasteiger partial charge in [-0.05, 0) is 50.2 Å². The first-order valence-corrected chi connectivity index (χ1v) is 9.91. The number of anilines is 1. The second kappa shape index (κ2) is 8.00. The van der Waals surface area contributed by atoms with Crippen LogP contribution in [0, 0.1) is 0 Å². The van der Waals surface area contributed by atoms with E-state index in [1.54, 1.807) is 24.7 Å². The summed E-state index contributed by atoms with van der Waals surface area (Å²) in [4.78, 5) is 30.1. The van der Waals surface area contributed by atoms with Crippen molar-refractivity contribution in [1.82, 2.24) is 25.3 Å². The zero-order chi connectivity index (χ0) is 20.3. The average molecular weight is 400 g/mol. The predicted octanol–water partition coefficient (Wildman–Crippen LogP) is 3.40. The molecule has 1 aliphatic heterocycles. The Bertz CT molecular complexity index is 1180. The summed E-state index contributed by atoms with van der Waals surface area (Å²) in [7, 11) is 0. The van der Waals surface area contributed by atoms with Crippen molar-refractivity contribution in [2.45, 2.75) is 18.8 Å². The highest BCUT2D eigenvalue weighted by molar-refractivity contribution is 6.02. The van der Waals surface area contributed by atoms with Crippen LogP contribution in [0.3, 0.4) is 0 Å². The van der Waals surface area contributed by atoms with Gasteiger partial charge in [0.05, 0.1) is 11.2 Å². The summed E-state index contributed by atoms with van der Waals surface area (Å²) in [5.74, 6) is 0.932. The fourth-order valence-electron chi connectivity index (χ4n) is 3.59. The summed E-state index contributed by atoms with van der Waals surface area (Å²) in [6.07, 6.45) is 8.50. The van der Waals surface area contributed by atoms with Gasteiger partial charge in [-0.25, -0.2) is 15.0 Å². The maximum Gasteiger partial charge on any atom is 0.278 e. The third-order valence-corrected chi connectivity index (χ3v) is 5.22. The van der Waals surface area contributed by atoms with E-state index in [2.05, 4.69) is 30.6 Å². The molecule has 30 heavy (non-hydrogen) atoms. The van der Waals surface area contributed by atoms with E-state index in [1.165, 1.54) is 6.26 Å². The molecule has 0 aromatic carbocycles. The maximum atomic E-state index is 12.6. The zero-order valence-corrected chi connectivity index (χ0v) is 16.2. The minimum atomic E-state index is -0.353. The molecular formula is C22H20N6O2. The Kier molecular flexibility index (Phi) is 4.90. The number of nitrogens with one attached hydrogen (secondary N) is 2. The Labute approximate surface area is 172 Å². The first-order valence-electron chi connectivity index (χ1n) is 9.91. The quantitative estimate of drug-likeness (QED) is 0.541. The Morgan fingerprint density at radius 3 is 2.87 bits per heavy atom. The fourth-order valence-corrected chi connectivity index (χ4v) is 3.59. The molecule has 2 N–H and O–H groups in total. The highest BCUT2D eigenvalue weighted by Gasteiger charge is 2.22. The number of hydrogen-bond donors (Lipinski definition) is 2. The molecule has 0 atom stereocenters. The first-order chi connectivity index (χ1) is 14.8. The van der Waals surface area contributed by atoms with Crippen LogP contribution in [-0.4, -0.2) is 38.9 Å². The van der Waals surface area contributed by atoms with Crippen molar-refractivity contribution in [3.63, 3.8) is 0 Å². The van der Waals surface area contributed by atoms with Gasteiger partial charge in [0.2, 0.25) is 0 Å². The molecule has 0 aliphatic carbocycles. The van der Waals surface area contributed by atoms with Crippen LogP contribution < -0.4 is 10.6 Å². The number of hydrogen-bond acceptors (Lipinski definition) is 7. The summed E-state index contributed by atoms with van der Waals surface area (Å²) in [5.41, 5.74) is 2.72. The monoisotopic (exact) mass is 400 g/mol. The van der Waals surface area contributed by atoms with Gasteiger partial charge in [-0.15, -0.1) is 0 Å². The van der Waals surface area contributed by atoms with E-state index in [9.17, 15) is 4.79 Å². The lowest BCUT2D eigenvalue weighted by Crippen LogP contribution is -2.26. The molecule has 150 valence electrons. The smallest absolute Gasteiger partial charge is 0.278 e. The van der Waals surface area contributed by atoms with Crippen molar-refractivity contribution >= 4 is 22.6 Å². The zero-order valence-electron chi connectivity index (χ0n) is 16.2. The molecule has 5 heterocycles. The third kappa shape index (κ3) is 3.77. The van der Waals surface area contributed by atoms with Gasteiger partial charge < -0.3 is 15.1 Å². The van der Waals surface area contributed by atoms with Crippen molar-refractivity contribution in [1.29, 1.82) is 0 Å². The maximum absolute atomic E-state index is 12.6. The Morgan fingerprint density at radius 2 is 2.03 bits per heavy atom. The minimum Gasteiger partial charge on any atom is -0.448 e. The Balaban J connectivity index is 1.36. The topological polar surface area (TPSA) is 106 Å². The summed E-state index contributed by atoms with van der Waals surface area (Å²) < 4.78 is 5.56. The molecule has 0 saturated carbocycles. The highest BCUT2D eigenvalue weighted by atomic mass is 16.3. The van der Waals surface area contributed by atoms with Crippen LogP contribution in [0.25, 0.3) is 22.2 Å². The lowest BCUT2D eigenvalue weighted by molar-refractivity contribution is 0.102. The lowest BCUT2D eigenvalue weighted by Gasteiger charge is -2.19. The summed E-state index contributed by atoms with van der Waals surface area (Å²) in [5, 5.41) is 6.98.